The van der Waals surface area contributed by atoms with Gasteiger partial charge in [0.25, 0.3) is 23.3 Å². The van der Waals surface area contributed by atoms with Crippen LogP contribution in [0.2, 0.25) is 0 Å². The van der Waals surface area contributed by atoms with Crippen molar-refractivity contribution in [2.75, 3.05) is 52.1 Å². The van der Waals surface area contributed by atoms with E-state index in [1.165, 1.54) is 37.4 Å². The molecule has 42 nitrogen and oxygen atoms in total. The number of nitrogens with one attached hydrogen (secondary N) is 13. The molecule has 6 atom stereocenters. The van der Waals surface area contributed by atoms with Crippen LogP contribution in [0.1, 0.15) is 133 Å². The number of carboxylic acid groups (broad SMARTS) is 4. The van der Waals surface area contributed by atoms with Crippen molar-refractivity contribution < 1.29 is 92.7 Å². The van der Waals surface area contributed by atoms with Crippen molar-refractivity contribution in [1.82, 2.24) is 67.2 Å². The molecule has 9 aromatic rings. The Morgan fingerprint density at radius 3 is 1.84 bits per heavy atom. The number of aromatic amines is 3. The average Bonchev–Trinajstić information content (AvgIpc) is 1.60. The summed E-state index contributed by atoms with van der Waals surface area (Å²) in [5, 5.41) is 77.9. The van der Waals surface area contributed by atoms with Crippen LogP contribution in [-0.2, 0) is 59.3 Å². The molecule has 43 heteroatoms. The number of aromatic nitrogens is 6. The molecule has 0 radical (unpaired) electrons. The number of rotatable bonds is 38. The third-order valence-corrected chi connectivity index (χ3v) is 19.1. The number of aliphatic carboxylic acids is 4. The van der Waals surface area contributed by atoms with Crippen LogP contribution in [0.15, 0.2) is 124 Å². The molecule has 0 saturated carbocycles. The standard InChI is InChI=1S/C39H36ClN7O5.C39H51N15O15/c1-3-21(2)45-46-36(50)13-12-35(49)41-25-8-10-29-22(14-25)16-31(43-29)38(51)42-26-9-11-30-23(15-26)17-32(44-30)39(52)47-20-24(19-40)37-28-7-5-4-6-27(28)34(48)18-33(37)47;1-2-25(55)45-16-24(37(68)69)52-34(64)23(13-28(59)60)51-32(62)20(4-3-11-43-38(40)41)49-33(63)22(12-27(57)58)48-26(56)10-9-21(36(66)67)50-31(61)17-5-7-18(8-6-17)44-14-19-15-46-30-29(47-19)35(65)54-39(42)53-30/h4-11,14-18,24,43-44,48H,3,12-13,19-20H2,1-2H3,(H,41,49)(H,42,51)(H,46,50);5-8,15,20-24,44H,2-4,9-14,16H2,1H3,(H,45,55)(H,48,56)(H,49,63)(H,50,61)(H,51,62)(H,52,64)(H,57,58)(H,59,60)(H,66,67)(H,68,69)(H4,40,41,43)(H3,42,46,53,54,65)/b45-21+;/t;20-,21-,22-,23-,24-/m.0/s1. The molecule has 121 heavy (non-hydrogen) atoms. The minimum absolute atomic E-state index is 0.000190. The Hall–Kier alpha value is -15.1. The number of nitrogens with zero attached hydrogens (tertiary/aromatic N) is 6. The van der Waals surface area contributed by atoms with Crippen molar-refractivity contribution in [3.05, 3.63) is 148 Å². The number of phenols is 1. The number of fused-ring (bicyclic) bond motifs is 6. The minimum atomic E-state index is -1.96. The molecule has 1 aliphatic heterocycles. The quantitative estimate of drug-likeness (QED) is 0.00869. The molecule has 0 bridgehead atoms. The molecular weight excluding hydrogens is 1600 g/mol. The van der Waals surface area contributed by atoms with Crippen molar-refractivity contribution in [2.24, 2.45) is 21.6 Å². The Bertz CT molecular complexity index is 5610. The summed E-state index contributed by atoms with van der Waals surface area (Å²) in [5.74, 6) is -14.0. The molecule has 636 valence electrons. The van der Waals surface area contributed by atoms with Gasteiger partial charge in [0, 0.05) is 119 Å². The number of carbonyl (C=O) groups excluding carboxylic acids is 10. The van der Waals surface area contributed by atoms with Crippen LogP contribution in [0.5, 0.6) is 5.75 Å². The second-order valence-corrected chi connectivity index (χ2v) is 27.9. The SMILES string of the molecule is CC/C(C)=N/NC(=O)CCC(=O)Nc1ccc2[nH]c(C(=O)Nc3ccc4[nH]c(C(=O)N5CC(CCl)c6c5cc(O)c5ccccc65)cc4c3)cc2c1.CCC(=O)NC[C@H](NC(=O)[C@H](CC(=O)O)NC(=O)[C@H](CCCN=C(N)N)NC(=O)[C@H](CC(=O)O)NC(=O)CC[C@H](NC(=O)c1ccc(NCc2cnc3nc(N)[nH]c(=O)c3n2)cc1)C(=O)O)C(=O)O. The number of carbonyl (C=O) groups is 14. The summed E-state index contributed by atoms with van der Waals surface area (Å²) in [6.45, 7) is 4.99. The van der Waals surface area contributed by atoms with Crippen LogP contribution in [0, 0.1) is 0 Å². The lowest BCUT2D eigenvalue weighted by molar-refractivity contribution is -0.143. The zero-order valence-corrected chi connectivity index (χ0v) is 65.9. The molecule has 0 saturated heterocycles. The third-order valence-electron chi connectivity index (χ3n) is 18.7. The number of aliphatic imine (C=N–C) groups is 1. The maximum atomic E-state index is 13.9. The van der Waals surface area contributed by atoms with Gasteiger partial charge in [-0.1, -0.05) is 38.1 Å². The van der Waals surface area contributed by atoms with Crippen molar-refractivity contribution in [2.45, 2.75) is 128 Å². The van der Waals surface area contributed by atoms with Crippen LogP contribution >= 0.6 is 11.6 Å². The molecule has 5 heterocycles. The van der Waals surface area contributed by atoms with Gasteiger partial charge in [0.2, 0.25) is 47.3 Å². The summed E-state index contributed by atoms with van der Waals surface area (Å²) >= 11 is 6.37. The topological polar surface area (TPSA) is 670 Å². The van der Waals surface area contributed by atoms with Crippen LogP contribution < -0.4 is 80.9 Å². The van der Waals surface area contributed by atoms with Crippen molar-refractivity contribution in [3.63, 3.8) is 0 Å². The fourth-order valence-electron chi connectivity index (χ4n) is 12.4. The predicted octanol–water partition coefficient (Wildman–Crippen LogP) is 2.79. The van der Waals surface area contributed by atoms with E-state index in [0.717, 1.165) is 44.8 Å². The number of H-pyrrole nitrogens is 3. The Labute approximate surface area is 690 Å². The third kappa shape index (κ3) is 25.0. The van der Waals surface area contributed by atoms with Crippen molar-refractivity contribution in [3.8, 4) is 5.75 Å². The highest BCUT2D eigenvalue weighted by molar-refractivity contribution is 6.19. The Morgan fingerprint density at radius 1 is 0.620 bits per heavy atom. The van der Waals surface area contributed by atoms with Crippen molar-refractivity contribution in [1.29, 1.82) is 0 Å². The van der Waals surface area contributed by atoms with E-state index in [1.54, 1.807) is 59.5 Å². The molecule has 0 fully saturated rings. The second kappa shape index (κ2) is 41.6. The van der Waals surface area contributed by atoms with E-state index in [9.17, 15) is 97.5 Å². The van der Waals surface area contributed by atoms with Gasteiger partial charge in [-0.05, 0) is 116 Å². The molecule has 10 amide bonds. The molecule has 4 aromatic heterocycles. The zero-order valence-electron chi connectivity index (χ0n) is 65.1. The number of guanidine groups is 1. The van der Waals surface area contributed by atoms with Crippen molar-refractivity contribution >= 4 is 179 Å². The number of benzene rings is 5. The molecule has 0 aliphatic carbocycles. The lowest BCUT2D eigenvalue weighted by Gasteiger charge is -2.25. The Balaban J connectivity index is 0.000000285. The number of hydrogen-bond acceptors (Lipinski definition) is 23. The molecular formula is C78H87ClN22O20. The van der Waals surface area contributed by atoms with Gasteiger partial charge in [-0.3, -0.25) is 72.3 Å². The Kier molecular flexibility index (Phi) is 30.9. The number of carboxylic acids is 4. The van der Waals surface area contributed by atoms with E-state index in [1.807, 2.05) is 43.4 Å². The lowest BCUT2D eigenvalue weighted by Crippen LogP contribution is -2.59. The number of anilines is 5. The number of hydrazone groups is 1. The van der Waals surface area contributed by atoms with E-state index in [-0.39, 0.29) is 109 Å². The highest BCUT2D eigenvalue weighted by Gasteiger charge is 2.37. The maximum Gasteiger partial charge on any atom is 0.328 e. The summed E-state index contributed by atoms with van der Waals surface area (Å²) in [7, 11) is 0. The maximum absolute atomic E-state index is 13.9. The van der Waals surface area contributed by atoms with E-state index in [0.29, 0.717) is 57.8 Å². The largest absolute Gasteiger partial charge is 0.507 e. The fourth-order valence-corrected chi connectivity index (χ4v) is 12.7. The van der Waals surface area contributed by atoms with Gasteiger partial charge in [-0.2, -0.15) is 10.1 Å². The number of halogens is 1. The van der Waals surface area contributed by atoms with Crippen LogP contribution in [0.3, 0.4) is 0 Å². The monoisotopic (exact) mass is 1690 g/mol. The van der Waals surface area contributed by atoms with Gasteiger partial charge in [0.15, 0.2) is 17.1 Å². The zero-order chi connectivity index (χ0) is 87.9. The first kappa shape index (κ1) is 89.8. The Morgan fingerprint density at radius 2 is 1.21 bits per heavy atom. The highest BCUT2D eigenvalue weighted by atomic mass is 35.5. The summed E-state index contributed by atoms with van der Waals surface area (Å²) in [6.07, 6.45) is -1.70. The fraction of sp³-hybridized carbons (Fsp3) is 0.308. The lowest BCUT2D eigenvalue weighted by atomic mass is 9.95. The highest BCUT2D eigenvalue weighted by Crippen LogP contribution is 2.46. The van der Waals surface area contributed by atoms with E-state index >= 15 is 0 Å². The summed E-state index contributed by atoms with van der Waals surface area (Å²) in [5.41, 5.74) is 24.5. The number of nitrogens with two attached hydrogens (primary N) is 3. The van der Waals surface area contributed by atoms with Crippen LogP contribution in [0.4, 0.5) is 28.7 Å². The van der Waals surface area contributed by atoms with Crippen LogP contribution in [-0.4, -0.2) is 206 Å². The summed E-state index contributed by atoms with van der Waals surface area (Å²) < 4.78 is 0. The number of amides is 10. The average molecular weight is 1690 g/mol. The van der Waals surface area contributed by atoms with Gasteiger partial charge in [-0.15, -0.1) is 11.6 Å². The molecule has 0 spiro atoms. The number of aromatic hydroxyl groups is 1. The number of nitrogen functional groups attached to an aromatic ring is 1. The van der Waals surface area contributed by atoms with E-state index in [2.05, 4.69) is 88.0 Å². The molecule has 10 rings (SSSR count). The summed E-state index contributed by atoms with van der Waals surface area (Å²) in [4.78, 5) is 215. The van der Waals surface area contributed by atoms with Gasteiger partial charge < -0.3 is 105 Å². The van der Waals surface area contributed by atoms with Crippen LogP contribution in [0.25, 0.3) is 43.7 Å². The minimum Gasteiger partial charge on any atom is -0.507 e. The van der Waals surface area contributed by atoms with Gasteiger partial charge in [0.05, 0.1) is 37.0 Å². The summed E-state index contributed by atoms with van der Waals surface area (Å²) in [6, 6.07) is 19.9. The predicted molar refractivity (Wildman–Crippen MR) is 442 cm³/mol. The van der Waals surface area contributed by atoms with E-state index in [4.69, 9.17) is 28.8 Å². The smallest absolute Gasteiger partial charge is 0.328 e. The second-order valence-electron chi connectivity index (χ2n) is 27.6. The normalized spacial score (nSPS) is 13.4. The number of phenolic OH excluding ortho intramolecular Hbond substituents is 1. The number of hydrogen-bond donors (Lipinski definition) is 21. The van der Waals surface area contributed by atoms with E-state index < -0.39 is 127 Å². The number of alkyl halides is 1. The first-order valence-corrected chi connectivity index (χ1v) is 38.1. The first-order valence-electron chi connectivity index (χ1n) is 37.6. The molecule has 5 aromatic carbocycles. The molecule has 1 aliphatic rings. The van der Waals surface area contributed by atoms with Gasteiger partial charge >= 0.3 is 23.9 Å². The molecule has 24 N–H and O–H groups in total. The molecule has 1 unspecified atom stereocenters. The van der Waals surface area contributed by atoms with Gasteiger partial charge in [0.1, 0.15) is 47.3 Å². The first-order chi connectivity index (χ1) is 57.7. The van der Waals surface area contributed by atoms with Gasteiger partial charge in [-0.25, -0.2) is 25.0 Å².